The van der Waals surface area contributed by atoms with Crippen LogP contribution in [0.2, 0.25) is 0 Å². The van der Waals surface area contributed by atoms with Gasteiger partial charge in [-0.15, -0.1) is 0 Å². The summed E-state index contributed by atoms with van der Waals surface area (Å²) in [4.78, 5) is 50.3. The second-order valence-corrected chi connectivity index (χ2v) is 7.72. The van der Waals surface area contributed by atoms with Crippen molar-refractivity contribution in [2.24, 2.45) is 5.16 Å². The monoisotopic (exact) mass is 653 g/mol. The summed E-state index contributed by atoms with van der Waals surface area (Å²) >= 11 is 0. The smallest absolute Gasteiger partial charge is 0.452 e. The van der Waals surface area contributed by atoms with E-state index in [2.05, 4.69) is 28.9 Å². The number of nitrogens with zero attached hydrogens (tertiary/aromatic N) is 1. The summed E-state index contributed by atoms with van der Waals surface area (Å²) in [7, 11) is 0. The normalized spacial score (nSPS) is 15.6. The van der Waals surface area contributed by atoms with E-state index in [0.29, 0.717) is 0 Å². The molecule has 0 heterocycles. The molecule has 242 valence electrons. The predicted octanol–water partition coefficient (Wildman–Crippen LogP) is 4.11. The van der Waals surface area contributed by atoms with Crippen LogP contribution in [0.3, 0.4) is 0 Å². The van der Waals surface area contributed by atoms with E-state index in [4.69, 9.17) is 0 Å². The van der Waals surface area contributed by atoms with Gasteiger partial charge in [0.2, 0.25) is 0 Å². The maximum atomic E-state index is 13.0. The van der Waals surface area contributed by atoms with Gasteiger partial charge in [0.05, 0.1) is 6.21 Å². The molecule has 1 aromatic rings. The van der Waals surface area contributed by atoms with Crippen LogP contribution in [0.1, 0.15) is 12.5 Å². The second-order valence-electron chi connectivity index (χ2n) is 7.72. The molecule has 0 aromatic heterocycles. The fourth-order valence-electron chi connectivity index (χ4n) is 2.60. The molecule has 0 aliphatic heterocycles. The molecule has 0 saturated heterocycles. The largest absolute Gasteiger partial charge is 0.490 e. The third-order valence-electron chi connectivity index (χ3n) is 4.41. The number of carbonyl (C=O) groups is 4. The summed E-state index contributed by atoms with van der Waals surface area (Å²) in [6.07, 6.45) is -37.6. The molecule has 4 unspecified atom stereocenters. The predicted molar refractivity (Wildman–Crippen MR) is 109 cm³/mol. The number of benzene rings is 1. The number of esters is 4. The summed E-state index contributed by atoms with van der Waals surface area (Å²) in [5.74, 6) is -13.5. The lowest BCUT2D eigenvalue weighted by molar-refractivity contribution is -0.242. The number of rotatable bonds is 11. The molecular formula is C21H15F12NO9. The third kappa shape index (κ3) is 12.2. The number of oxime groups is 1. The molecular weight excluding hydrogens is 638 g/mol. The van der Waals surface area contributed by atoms with E-state index in [1.807, 2.05) is 0 Å². The topological polar surface area (TPSA) is 127 Å². The van der Waals surface area contributed by atoms with Crippen LogP contribution in [-0.2, 0) is 49.6 Å². The maximum Gasteiger partial charge on any atom is 0.490 e. The number of hydrogen-bond donors (Lipinski definition) is 0. The summed E-state index contributed by atoms with van der Waals surface area (Å²) < 4.78 is 169. The van der Waals surface area contributed by atoms with Crippen molar-refractivity contribution in [3.63, 3.8) is 0 Å². The highest BCUT2D eigenvalue weighted by Crippen LogP contribution is 2.29. The van der Waals surface area contributed by atoms with Crippen LogP contribution >= 0.6 is 0 Å². The third-order valence-corrected chi connectivity index (χ3v) is 4.41. The van der Waals surface area contributed by atoms with Gasteiger partial charge in [0.15, 0.2) is 18.3 Å². The molecule has 22 heteroatoms. The Morgan fingerprint density at radius 3 is 1.49 bits per heavy atom. The van der Waals surface area contributed by atoms with Gasteiger partial charge in [-0.1, -0.05) is 35.5 Å². The first-order chi connectivity index (χ1) is 19.4. The average Bonchev–Trinajstić information content (AvgIpc) is 2.85. The van der Waals surface area contributed by atoms with E-state index < -0.39 is 79.6 Å². The molecule has 0 spiro atoms. The zero-order valence-electron chi connectivity index (χ0n) is 20.6. The Hall–Kier alpha value is -4.27. The lowest BCUT2D eigenvalue weighted by Crippen LogP contribution is -2.54. The Bertz CT molecular complexity index is 1150. The van der Waals surface area contributed by atoms with E-state index >= 15 is 0 Å². The minimum absolute atomic E-state index is 0.151. The van der Waals surface area contributed by atoms with Crippen molar-refractivity contribution in [1.82, 2.24) is 0 Å². The van der Waals surface area contributed by atoms with Crippen LogP contribution in [0.4, 0.5) is 52.7 Å². The first-order valence-electron chi connectivity index (χ1n) is 10.7. The molecule has 0 saturated carbocycles. The van der Waals surface area contributed by atoms with Crippen LogP contribution in [0.25, 0.3) is 0 Å². The fourth-order valence-corrected chi connectivity index (χ4v) is 2.60. The molecule has 1 aromatic carbocycles. The van der Waals surface area contributed by atoms with E-state index in [0.717, 1.165) is 0 Å². The van der Waals surface area contributed by atoms with Gasteiger partial charge in [0, 0.05) is 0 Å². The standard InChI is InChI=1S/C21H15F12NO9/c1-9(40-14(35)18(22,23)24)12(42-16(37)20(28,29)30)13(43-17(38)21(31,32)33)11(41-15(36)19(25,26)27)7-34-39-8-10-5-3-2-4-6-10/h2-7,9,11-13H,8H2,1H3. The molecule has 4 atom stereocenters. The Labute approximate surface area is 230 Å². The summed E-state index contributed by atoms with van der Waals surface area (Å²) in [5.41, 5.74) is 0.285. The molecule has 0 amide bonds. The van der Waals surface area contributed by atoms with Gasteiger partial charge < -0.3 is 23.8 Å². The quantitative estimate of drug-likeness (QED) is 0.114. The Morgan fingerprint density at radius 2 is 1.05 bits per heavy atom. The molecule has 0 fully saturated rings. The van der Waals surface area contributed by atoms with E-state index in [1.54, 1.807) is 0 Å². The highest BCUT2D eigenvalue weighted by atomic mass is 19.4. The summed E-state index contributed by atoms with van der Waals surface area (Å²) in [6, 6.07) is 7.19. The van der Waals surface area contributed by atoms with Crippen molar-refractivity contribution in [3.05, 3.63) is 35.9 Å². The minimum Gasteiger partial charge on any atom is -0.452 e. The number of alkyl halides is 12. The maximum absolute atomic E-state index is 13.0. The molecule has 0 bridgehead atoms. The summed E-state index contributed by atoms with van der Waals surface area (Å²) in [6.45, 7) is -0.408. The number of halogens is 12. The van der Waals surface area contributed by atoms with Crippen molar-refractivity contribution < 1.29 is 95.6 Å². The van der Waals surface area contributed by atoms with Gasteiger partial charge in [-0.05, 0) is 12.5 Å². The van der Waals surface area contributed by atoms with Crippen LogP contribution in [-0.4, -0.2) is 79.2 Å². The zero-order chi connectivity index (χ0) is 33.4. The molecule has 0 aliphatic carbocycles. The van der Waals surface area contributed by atoms with Crippen molar-refractivity contribution in [3.8, 4) is 0 Å². The van der Waals surface area contributed by atoms with Crippen LogP contribution in [0, 0.1) is 0 Å². The van der Waals surface area contributed by atoms with Gasteiger partial charge in [-0.3, -0.25) is 0 Å². The van der Waals surface area contributed by atoms with Crippen molar-refractivity contribution in [1.29, 1.82) is 0 Å². The number of hydrogen-bond acceptors (Lipinski definition) is 10. The number of carbonyl (C=O) groups excluding carboxylic acids is 4. The minimum atomic E-state index is -6.11. The Kier molecular flexibility index (Phi) is 12.2. The van der Waals surface area contributed by atoms with Crippen LogP contribution in [0.5, 0.6) is 0 Å². The Morgan fingerprint density at radius 1 is 0.651 bits per heavy atom. The van der Waals surface area contributed by atoms with E-state index in [1.165, 1.54) is 30.3 Å². The van der Waals surface area contributed by atoms with Crippen molar-refractivity contribution in [2.45, 2.75) is 62.7 Å². The van der Waals surface area contributed by atoms with E-state index in [-0.39, 0.29) is 18.7 Å². The molecule has 0 radical (unpaired) electrons. The number of ether oxygens (including phenoxy) is 4. The van der Waals surface area contributed by atoms with Crippen LogP contribution in [0.15, 0.2) is 35.5 Å². The van der Waals surface area contributed by atoms with Gasteiger partial charge in [0.25, 0.3) is 0 Å². The van der Waals surface area contributed by atoms with Gasteiger partial charge in [-0.2, -0.15) is 52.7 Å². The van der Waals surface area contributed by atoms with Gasteiger partial charge in [-0.25, -0.2) is 19.2 Å². The van der Waals surface area contributed by atoms with Crippen LogP contribution < -0.4 is 0 Å². The lowest BCUT2D eigenvalue weighted by atomic mass is 10.0. The van der Waals surface area contributed by atoms with E-state index in [9.17, 15) is 71.9 Å². The molecule has 0 N–H and O–H groups in total. The zero-order valence-corrected chi connectivity index (χ0v) is 20.6. The highest BCUT2D eigenvalue weighted by Gasteiger charge is 2.54. The fraction of sp³-hybridized carbons (Fsp3) is 0.476. The van der Waals surface area contributed by atoms with Crippen molar-refractivity contribution in [2.75, 3.05) is 0 Å². The SMILES string of the molecule is CC(OC(=O)C(F)(F)F)C(OC(=O)C(F)(F)F)C(OC(=O)C(F)(F)F)C(C=NOCc1ccccc1)OC(=O)C(F)(F)F. The highest BCUT2D eigenvalue weighted by molar-refractivity contribution is 5.80. The first kappa shape index (κ1) is 36.8. The lowest BCUT2D eigenvalue weighted by Gasteiger charge is -2.34. The van der Waals surface area contributed by atoms with Gasteiger partial charge in [0.1, 0.15) is 12.7 Å². The molecule has 1 rings (SSSR count). The second kappa shape index (κ2) is 14.3. The van der Waals surface area contributed by atoms with Gasteiger partial charge >= 0.3 is 48.6 Å². The summed E-state index contributed by atoms with van der Waals surface area (Å²) in [5, 5.41) is 2.97. The first-order valence-corrected chi connectivity index (χ1v) is 10.7. The Balaban J connectivity index is 3.70. The molecule has 43 heavy (non-hydrogen) atoms. The molecule has 10 nitrogen and oxygen atoms in total. The molecule has 0 aliphatic rings. The van der Waals surface area contributed by atoms with Crippen molar-refractivity contribution >= 4 is 30.1 Å². The average molecular weight is 653 g/mol.